The van der Waals surface area contributed by atoms with Crippen molar-refractivity contribution in [1.82, 2.24) is 24.6 Å². The van der Waals surface area contributed by atoms with E-state index in [9.17, 15) is 14.0 Å². The molecular formula is C23H20FN5O4. The van der Waals surface area contributed by atoms with Gasteiger partial charge in [-0.1, -0.05) is 6.07 Å². The van der Waals surface area contributed by atoms with Crippen molar-refractivity contribution in [3.63, 3.8) is 0 Å². The Morgan fingerprint density at radius 2 is 1.94 bits per heavy atom. The van der Waals surface area contributed by atoms with Gasteiger partial charge in [0, 0.05) is 19.5 Å². The molecule has 0 fully saturated rings. The van der Waals surface area contributed by atoms with Gasteiger partial charge < -0.3 is 14.8 Å². The summed E-state index contributed by atoms with van der Waals surface area (Å²) in [4.78, 5) is 29.9. The summed E-state index contributed by atoms with van der Waals surface area (Å²) >= 11 is 0. The van der Waals surface area contributed by atoms with Crippen LogP contribution >= 0.6 is 0 Å². The van der Waals surface area contributed by atoms with Gasteiger partial charge in [-0.05, 0) is 48.9 Å². The molecule has 1 aliphatic heterocycles. The van der Waals surface area contributed by atoms with Gasteiger partial charge >= 0.3 is 0 Å². The van der Waals surface area contributed by atoms with E-state index in [0.717, 1.165) is 5.56 Å². The first-order valence-corrected chi connectivity index (χ1v) is 10.4. The zero-order valence-electron chi connectivity index (χ0n) is 17.7. The largest absolute Gasteiger partial charge is 0.454 e. The first-order chi connectivity index (χ1) is 16.0. The van der Waals surface area contributed by atoms with E-state index in [1.54, 1.807) is 25.1 Å². The molecule has 0 aliphatic carbocycles. The molecule has 5 rings (SSSR count). The van der Waals surface area contributed by atoms with Gasteiger partial charge in [-0.15, -0.1) is 0 Å². The average molecular weight is 449 g/mol. The fraction of sp³-hybridized carbons (Fsp3) is 0.217. The molecule has 0 saturated carbocycles. The number of nitrogens with one attached hydrogen (secondary N) is 1. The van der Waals surface area contributed by atoms with Gasteiger partial charge in [-0.3, -0.25) is 14.2 Å². The second-order valence-electron chi connectivity index (χ2n) is 7.60. The van der Waals surface area contributed by atoms with Crippen LogP contribution in [0.25, 0.3) is 16.7 Å². The predicted molar refractivity (Wildman–Crippen MR) is 117 cm³/mol. The number of ether oxygens (including phenoxy) is 2. The molecule has 10 heteroatoms. The molecule has 0 bridgehead atoms. The van der Waals surface area contributed by atoms with E-state index in [2.05, 4.69) is 15.4 Å². The van der Waals surface area contributed by atoms with E-state index in [0.29, 0.717) is 40.6 Å². The Morgan fingerprint density at radius 3 is 2.76 bits per heavy atom. The minimum absolute atomic E-state index is 0.116. The van der Waals surface area contributed by atoms with Gasteiger partial charge in [0.25, 0.3) is 5.56 Å². The maximum absolute atomic E-state index is 13.2. The van der Waals surface area contributed by atoms with E-state index in [4.69, 9.17) is 9.47 Å². The van der Waals surface area contributed by atoms with Crippen molar-refractivity contribution in [3.8, 4) is 17.2 Å². The van der Waals surface area contributed by atoms with Gasteiger partial charge in [-0.2, -0.15) is 5.10 Å². The number of aromatic nitrogens is 4. The Balaban J connectivity index is 1.28. The topological polar surface area (TPSA) is 100 Å². The van der Waals surface area contributed by atoms with Crippen molar-refractivity contribution in [3.05, 3.63) is 76.2 Å². The van der Waals surface area contributed by atoms with Gasteiger partial charge in [0.05, 0.1) is 11.9 Å². The van der Waals surface area contributed by atoms with Gasteiger partial charge in [0.2, 0.25) is 12.7 Å². The molecule has 0 spiro atoms. The fourth-order valence-corrected chi connectivity index (χ4v) is 3.69. The number of amides is 1. The number of aryl methyl sites for hydroxylation is 1. The van der Waals surface area contributed by atoms with Crippen LogP contribution in [0.4, 0.5) is 4.39 Å². The average Bonchev–Trinajstić information content (AvgIpc) is 3.45. The number of carbonyl (C=O) groups excluding carboxylic acids is 1. The molecule has 1 N–H and O–H groups in total. The summed E-state index contributed by atoms with van der Waals surface area (Å²) in [6.07, 6.45) is 1.55. The summed E-state index contributed by atoms with van der Waals surface area (Å²) in [7, 11) is 0. The molecule has 4 aromatic rings. The number of halogens is 1. The molecule has 1 aliphatic rings. The summed E-state index contributed by atoms with van der Waals surface area (Å²) in [5, 5.41) is 7.41. The fourth-order valence-electron chi connectivity index (χ4n) is 3.69. The monoisotopic (exact) mass is 449 g/mol. The molecule has 0 radical (unpaired) electrons. The van der Waals surface area contributed by atoms with Crippen LogP contribution in [0.3, 0.4) is 0 Å². The summed E-state index contributed by atoms with van der Waals surface area (Å²) in [6, 6.07) is 11.3. The van der Waals surface area contributed by atoms with Crippen molar-refractivity contribution in [1.29, 1.82) is 0 Å². The smallest absolute Gasteiger partial charge is 0.264 e. The van der Waals surface area contributed by atoms with Crippen LogP contribution in [0, 0.1) is 12.7 Å². The van der Waals surface area contributed by atoms with Gasteiger partial charge in [0.1, 0.15) is 17.0 Å². The molecular weight excluding hydrogens is 429 g/mol. The maximum Gasteiger partial charge on any atom is 0.264 e. The Labute approximate surface area is 187 Å². The first kappa shape index (κ1) is 20.7. The molecule has 3 heterocycles. The molecule has 0 atom stereocenters. The molecule has 2 aromatic carbocycles. The van der Waals surface area contributed by atoms with E-state index in [-0.39, 0.29) is 37.0 Å². The number of hydrogen-bond acceptors (Lipinski definition) is 6. The number of benzene rings is 2. The normalized spacial score (nSPS) is 12.3. The summed E-state index contributed by atoms with van der Waals surface area (Å²) in [5.74, 6) is 1.24. The van der Waals surface area contributed by atoms with E-state index in [1.807, 2.05) is 12.1 Å². The van der Waals surface area contributed by atoms with Crippen LogP contribution in [-0.2, 0) is 17.9 Å². The zero-order valence-corrected chi connectivity index (χ0v) is 17.7. The van der Waals surface area contributed by atoms with Crippen LogP contribution in [0.5, 0.6) is 11.5 Å². The minimum atomic E-state index is -0.362. The number of hydrogen-bond donors (Lipinski definition) is 1. The summed E-state index contributed by atoms with van der Waals surface area (Å²) in [6.45, 7) is 2.42. The second kappa shape index (κ2) is 8.38. The predicted octanol–water partition coefficient (Wildman–Crippen LogP) is 2.46. The van der Waals surface area contributed by atoms with Crippen molar-refractivity contribution >= 4 is 16.9 Å². The van der Waals surface area contributed by atoms with E-state index in [1.165, 1.54) is 27.6 Å². The lowest BCUT2D eigenvalue weighted by Gasteiger charge is -2.11. The molecule has 0 unspecified atom stereocenters. The minimum Gasteiger partial charge on any atom is -0.454 e. The van der Waals surface area contributed by atoms with Gasteiger partial charge in [-0.25, -0.2) is 14.1 Å². The maximum atomic E-state index is 13.2. The number of carbonyl (C=O) groups is 1. The highest BCUT2D eigenvalue weighted by Gasteiger charge is 2.16. The highest BCUT2D eigenvalue weighted by atomic mass is 19.1. The number of rotatable bonds is 6. The lowest BCUT2D eigenvalue weighted by atomic mass is 10.2. The SMILES string of the molecule is Cc1nc2c(cnn2-c2ccc(F)cc2)c(=O)n1CCC(=O)NCc1ccc2c(c1)OCO2. The Morgan fingerprint density at radius 1 is 1.15 bits per heavy atom. The van der Waals surface area contributed by atoms with Crippen LogP contribution < -0.4 is 20.3 Å². The first-order valence-electron chi connectivity index (χ1n) is 10.4. The zero-order chi connectivity index (χ0) is 22.9. The number of nitrogens with zero attached hydrogens (tertiary/aromatic N) is 4. The highest BCUT2D eigenvalue weighted by molar-refractivity contribution is 5.76. The Kier molecular flexibility index (Phi) is 5.25. The standard InChI is InChI=1S/C23H20FN5O4/c1-14-27-22-18(12-26-29(22)17-5-3-16(24)4-6-17)23(31)28(14)9-8-21(30)25-11-15-2-7-19-20(10-15)33-13-32-19/h2-7,10,12H,8-9,11,13H2,1H3,(H,25,30). The quantitative estimate of drug-likeness (QED) is 0.486. The molecule has 1 amide bonds. The third-order valence-electron chi connectivity index (χ3n) is 5.44. The molecule has 33 heavy (non-hydrogen) atoms. The van der Waals surface area contributed by atoms with Gasteiger partial charge in [0.15, 0.2) is 17.1 Å². The van der Waals surface area contributed by atoms with E-state index >= 15 is 0 Å². The number of fused-ring (bicyclic) bond motifs is 2. The highest BCUT2D eigenvalue weighted by Crippen LogP contribution is 2.32. The summed E-state index contributed by atoms with van der Waals surface area (Å²) < 4.78 is 26.8. The molecule has 168 valence electrons. The summed E-state index contributed by atoms with van der Waals surface area (Å²) in [5.41, 5.74) is 1.58. The third kappa shape index (κ3) is 4.02. The van der Waals surface area contributed by atoms with Crippen molar-refractivity contribution < 1.29 is 18.7 Å². The molecule has 2 aromatic heterocycles. The van der Waals surface area contributed by atoms with E-state index < -0.39 is 0 Å². The van der Waals surface area contributed by atoms with Crippen molar-refractivity contribution in [2.45, 2.75) is 26.4 Å². The Hall–Kier alpha value is -4.21. The van der Waals surface area contributed by atoms with Crippen LogP contribution in [0.2, 0.25) is 0 Å². The van der Waals surface area contributed by atoms with Crippen molar-refractivity contribution in [2.75, 3.05) is 6.79 Å². The third-order valence-corrected chi connectivity index (χ3v) is 5.44. The van der Waals surface area contributed by atoms with Crippen LogP contribution in [0.15, 0.2) is 53.5 Å². The second-order valence-corrected chi connectivity index (χ2v) is 7.60. The van der Waals surface area contributed by atoms with Crippen LogP contribution in [0.1, 0.15) is 17.8 Å². The van der Waals surface area contributed by atoms with Crippen molar-refractivity contribution in [2.24, 2.45) is 0 Å². The molecule has 9 nitrogen and oxygen atoms in total. The lowest BCUT2D eigenvalue weighted by Crippen LogP contribution is -2.29. The van der Waals surface area contributed by atoms with Crippen LogP contribution in [-0.4, -0.2) is 32.0 Å². The lowest BCUT2D eigenvalue weighted by molar-refractivity contribution is -0.121. The Bertz CT molecular complexity index is 1410. The molecule has 0 saturated heterocycles.